The molecule has 0 bridgehead atoms. The number of nitrogens with one attached hydrogen (secondary N) is 1. The smallest absolute Gasteiger partial charge is 0.338 e. The van der Waals surface area contributed by atoms with Crippen LogP contribution in [0.4, 0.5) is 5.69 Å². The molecule has 7 heteroatoms. The van der Waals surface area contributed by atoms with Crippen LogP contribution in [0.1, 0.15) is 32.3 Å². The third-order valence-corrected chi connectivity index (χ3v) is 3.60. The van der Waals surface area contributed by atoms with Gasteiger partial charge in [0.1, 0.15) is 12.5 Å². The lowest BCUT2D eigenvalue weighted by Crippen LogP contribution is -2.24. The van der Waals surface area contributed by atoms with E-state index in [1.54, 1.807) is 38.1 Å². The first kappa shape index (κ1) is 19.2. The van der Waals surface area contributed by atoms with Gasteiger partial charge in [-0.1, -0.05) is 12.1 Å². The van der Waals surface area contributed by atoms with Crippen molar-refractivity contribution in [1.29, 1.82) is 0 Å². The topological polar surface area (TPSA) is 90.9 Å². The van der Waals surface area contributed by atoms with Crippen LogP contribution < -0.4 is 5.32 Å². The van der Waals surface area contributed by atoms with Crippen LogP contribution in [-0.4, -0.2) is 31.1 Å². The molecule has 1 amide bonds. The summed E-state index contributed by atoms with van der Waals surface area (Å²) >= 11 is 0. The second-order valence-electron chi connectivity index (χ2n) is 5.46. The van der Waals surface area contributed by atoms with Crippen LogP contribution in [0, 0.1) is 0 Å². The van der Waals surface area contributed by atoms with Gasteiger partial charge in [-0.3, -0.25) is 4.79 Å². The number of anilines is 1. The highest BCUT2D eigenvalue weighted by Crippen LogP contribution is 2.36. The van der Waals surface area contributed by atoms with Crippen molar-refractivity contribution in [2.75, 3.05) is 18.5 Å². The molecule has 0 radical (unpaired) electrons. The van der Waals surface area contributed by atoms with Crippen LogP contribution in [0.25, 0.3) is 0 Å². The average molecular weight is 359 g/mol. The van der Waals surface area contributed by atoms with Crippen molar-refractivity contribution >= 4 is 23.5 Å². The number of carbonyl (C=O) groups excluding carboxylic acids is 3. The fourth-order valence-electron chi connectivity index (χ4n) is 2.57. The Bertz CT molecular complexity index is 714. The molecular weight excluding hydrogens is 338 g/mol. The van der Waals surface area contributed by atoms with Gasteiger partial charge in [-0.05, 0) is 31.5 Å². The maximum Gasteiger partial charge on any atom is 0.338 e. The summed E-state index contributed by atoms with van der Waals surface area (Å²) in [7, 11) is 0. The molecule has 0 spiro atoms. The second kappa shape index (κ2) is 8.84. The van der Waals surface area contributed by atoms with Crippen molar-refractivity contribution in [2.45, 2.75) is 26.7 Å². The first-order valence-corrected chi connectivity index (χ1v) is 8.25. The van der Waals surface area contributed by atoms with E-state index in [1.807, 2.05) is 0 Å². The Hall–Kier alpha value is -3.09. The Kier molecular flexibility index (Phi) is 6.54. The lowest BCUT2D eigenvalue weighted by molar-refractivity contribution is -0.139. The van der Waals surface area contributed by atoms with E-state index in [1.165, 1.54) is 19.4 Å². The summed E-state index contributed by atoms with van der Waals surface area (Å²) in [5.74, 6) is -2.02. The summed E-state index contributed by atoms with van der Waals surface area (Å²) in [4.78, 5) is 35.8. The van der Waals surface area contributed by atoms with Crippen molar-refractivity contribution in [3.63, 3.8) is 0 Å². The molecule has 1 aromatic carbocycles. The molecule has 138 valence electrons. The first-order valence-electron chi connectivity index (χ1n) is 8.25. The third kappa shape index (κ3) is 4.50. The fraction of sp³-hybridized carbons (Fsp3) is 0.316. The van der Waals surface area contributed by atoms with E-state index in [2.05, 4.69) is 5.32 Å². The minimum Gasteiger partial charge on any atom is -0.471 e. The lowest BCUT2D eigenvalue weighted by Gasteiger charge is -2.24. The van der Waals surface area contributed by atoms with Crippen molar-refractivity contribution in [1.82, 2.24) is 0 Å². The van der Waals surface area contributed by atoms with E-state index in [0.717, 1.165) is 0 Å². The molecular formula is C19H21NO6. The van der Waals surface area contributed by atoms with Crippen LogP contribution in [0.2, 0.25) is 0 Å². The molecule has 1 heterocycles. The highest BCUT2D eigenvalue weighted by molar-refractivity contribution is 5.98. The van der Waals surface area contributed by atoms with Gasteiger partial charge in [-0.2, -0.15) is 0 Å². The standard InChI is InChI=1S/C19H21NO6/c1-4-25-18(22)15-10-24-11-16(19(23)26-5-2)17(15)13-6-8-14(9-7-13)20-12(3)21/h6-11,17H,4-5H2,1-3H3,(H,20,21). The Morgan fingerprint density at radius 1 is 0.962 bits per heavy atom. The van der Waals surface area contributed by atoms with Crippen molar-refractivity contribution in [2.24, 2.45) is 0 Å². The molecule has 0 saturated carbocycles. The van der Waals surface area contributed by atoms with Gasteiger partial charge in [-0.15, -0.1) is 0 Å². The zero-order valence-corrected chi connectivity index (χ0v) is 14.9. The Morgan fingerprint density at radius 3 is 1.88 bits per heavy atom. The number of amides is 1. The van der Waals surface area contributed by atoms with Crippen LogP contribution in [-0.2, 0) is 28.6 Å². The number of hydrogen-bond donors (Lipinski definition) is 1. The van der Waals surface area contributed by atoms with E-state index in [-0.39, 0.29) is 30.3 Å². The molecule has 1 N–H and O–H groups in total. The SMILES string of the molecule is CCOC(=O)C1=COC=C(C(=O)OCC)C1c1ccc(NC(C)=O)cc1. The van der Waals surface area contributed by atoms with Crippen LogP contribution in [0.5, 0.6) is 0 Å². The number of benzene rings is 1. The Balaban J connectivity index is 2.40. The van der Waals surface area contributed by atoms with Crippen LogP contribution >= 0.6 is 0 Å². The number of carbonyl (C=O) groups is 3. The van der Waals surface area contributed by atoms with Gasteiger partial charge in [0.05, 0.1) is 30.3 Å². The molecule has 0 unspecified atom stereocenters. The zero-order valence-electron chi connectivity index (χ0n) is 14.9. The van der Waals surface area contributed by atoms with Crippen molar-refractivity contribution in [3.8, 4) is 0 Å². The summed E-state index contributed by atoms with van der Waals surface area (Å²) in [6.45, 7) is 5.20. The van der Waals surface area contributed by atoms with E-state index in [0.29, 0.717) is 11.3 Å². The maximum absolute atomic E-state index is 12.3. The van der Waals surface area contributed by atoms with Gasteiger partial charge in [0.15, 0.2) is 0 Å². The van der Waals surface area contributed by atoms with Gasteiger partial charge in [0.25, 0.3) is 0 Å². The van der Waals surface area contributed by atoms with Gasteiger partial charge in [-0.25, -0.2) is 9.59 Å². The van der Waals surface area contributed by atoms with E-state index in [9.17, 15) is 14.4 Å². The Labute approximate surface area is 151 Å². The molecule has 0 atom stereocenters. The Morgan fingerprint density at radius 2 is 1.46 bits per heavy atom. The molecule has 0 saturated heterocycles. The number of hydrogen-bond acceptors (Lipinski definition) is 6. The highest BCUT2D eigenvalue weighted by Gasteiger charge is 2.34. The number of rotatable bonds is 6. The monoisotopic (exact) mass is 359 g/mol. The summed E-state index contributed by atoms with van der Waals surface area (Å²) in [5.41, 5.74) is 1.67. The predicted octanol–water partition coefficient (Wildman–Crippen LogP) is 2.65. The summed E-state index contributed by atoms with van der Waals surface area (Å²) in [5, 5.41) is 2.67. The summed E-state index contributed by atoms with van der Waals surface area (Å²) in [6.07, 6.45) is 2.54. The van der Waals surface area contributed by atoms with Gasteiger partial charge >= 0.3 is 11.9 Å². The van der Waals surface area contributed by atoms with E-state index in [4.69, 9.17) is 14.2 Å². The van der Waals surface area contributed by atoms with Crippen molar-refractivity contribution in [3.05, 3.63) is 53.5 Å². The lowest BCUT2D eigenvalue weighted by atomic mass is 9.84. The molecule has 7 nitrogen and oxygen atoms in total. The first-order chi connectivity index (χ1) is 12.5. The predicted molar refractivity (Wildman–Crippen MR) is 94.0 cm³/mol. The third-order valence-electron chi connectivity index (χ3n) is 3.60. The van der Waals surface area contributed by atoms with Crippen molar-refractivity contribution < 1.29 is 28.6 Å². The van der Waals surface area contributed by atoms with Crippen LogP contribution in [0.15, 0.2) is 47.9 Å². The number of ether oxygens (including phenoxy) is 3. The normalized spacial score (nSPS) is 13.8. The van der Waals surface area contributed by atoms with E-state index < -0.39 is 17.9 Å². The quantitative estimate of drug-likeness (QED) is 0.785. The maximum atomic E-state index is 12.3. The molecule has 0 aromatic heterocycles. The average Bonchev–Trinajstić information content (AvgIpc) is 2.61. The van der Waals surface area contributed by atoms with E-state index >= 15 is 0 Å². The minimum atomic E-state index is -0.687. The molecule has 0 aliphatic carbocycles. The molecule has 1 aromatic rings. The van der Waals surface area contributed by atoms with Gasteiger partial charge in [0.2, 0.25) is 5.91 Å². The molecule has 0 fully saturated rings. The van der Waals surface area contributed by atoms with Gasteiger partial charge in [0, 0.05) is 12.6 Å². The molecule has 2 rings (SSSR count). The largest absolute Gasteiger partial charge is 0.471 e. The molecule has 26 heavy (non-hydrogen) atoms. The summed E-state index contributed by atoms with van der Waals surface area (Å²) in [6, 6.07) is 6.83. The van der Waals surface area contributed by atoms with Crippen LogP contribution in [0.3, 0.4) is 0 Å². The van der Waals surface area contributed by atoms with Gasteiger partial charge < -0.3 is 19.5 Å². The second-order valence-corrected chi connectivity index (χ2v) is 5.46. The molecule has 1 aliphatic rings. The fourth-order valence-corrected chi connectivity index (χ4v) is 2.57. The molecule has 1 aliphatic heterocycles. The minimum absolute atomic E-state index is 0.192. The summed E-state index contributed by atoms with van der Waals surface area (Å²) < 4.78 is 15.3. The zero-order chi connectivity index (χ0) is 19.1. The number of esters is 2. The highest BCUT2D eigenvalue weighted by atomic mass is 16.5.